The van der Waals surface area contributed by atoms with E-state index in [-0.39, 0.29) is 6.54 Å². The summed E-state index contributed by atoms with van der Waals surface area (Å²) in [7, 11) is 0. The first-order valence-corrected chi connectivity index (χ1v) is 6.77. The maximum absolute atomic E-state index is 13.5. The van der Waals surface area contributed by atoms with Gasteiger partial charge in [0.05, 0.1) is 5.69 Å². The van der Waals surface area contributed by atoms with Crippen molar-refractivity contribution < 1.29 is 22.8 Å². The van der Waals surface area contributed by atoms with Gasteiger partial charge in [0.25, 0.3) is 0 Å². The van der Waals surface area contributed by atoms with Crippen molar-refractivity contribution in [1.29, 1.82) is 0 Å². The molecule has 7 heteroatoms. The van der Waals surface area contributed by atoms with Gasteiger partial charge in [-0.25, -0.2) is 13.2 Å². The summed E-state index contributed by atoms with van der Waals surface area (Å²) in [6.45, 7) is 1.87. The summed E-state index contributed by atoms with van der Waals surface area (Å²) in [5, 5.41) is 1.95. The molecule has 0 saturated heterocycles. The van der Waals surface area contributed by atoms with Gasteiger partial charge in [-0.2, -0.15) is 0 Å². The number of halogens is 3. The zero-order valence-electron chi connectivity index (χ0n) is 12.1. The monoisotopic (exact) mass is 322 g/mol. The molecule has 2 rings (SSSR count). The van der Waals surface area contributed by atoms with Crippen LogP contribution in [0.5, 0.6) is 0 Å². The van der Waals surface area contributed by atoms with E-state index in [2.05, 4.69) is 0 Å². The Morgan fingerprint density at radius 1 is 1.00 bits per heavy atom. The maximum Gasteiger partial charge on any atom is 0.316 e. The average molecular weight is 322 g/mol. The summed E-state index contributed by atoms with van der Waals surface area (Å²) in [4.78, 5) is 25.3. The topological polar surface area (TPSA) is 49.4 Å². The number of amides is 2. The van der Waals surface area contributed by atoms with Crippen LogP contribution in [-0.2, 0) is 9.59 Å². The number of nitrogens with one attached hydrogen (secondary N) is 1. The Morgan fingerprint density at radius 2 is 1.65 bits per heavy atom. The number of rotatable bonds is 3. The number of hydrogen-bond donors (Lipinski definition) is 1. The second kappa shape index (κ2) is 6.95. The fraction of sp³-hybridized carbons (Fsp3) is 0.125. The molecule has 0 heterocycles. The van der Waals surface area contributed by atoms with E-state index >= 15 is 0 Å². The van der Waals surface area contributed by atoms with Crippen molar-refractivity contribution in [3.8, 4) is 0 Å². The number of nitrogens with zero attached hydrogens (tertiary/aromatic N) is 1. The van der Waals surface area contributed by atoms with Gasteiger partial charge < -0.3 is 10.2 Å². The molecule has 120 valence electrons. The van der Waals surface area contributed by atoms with E-state index in [1.807, 2.05) is 5.32 Å². The smallest absolute Gasteiger partial charge is 0.315 e. The molecular formula is C16H13F3N2O2. The van der Waals surface area contributed by atoms with Crippen molar-refractivity contribution in [3.63, 3.8) is 0 Å². The predicted molar refractivity (Wildman–Crippen MR) is 79.4 cm³/mol. The highest BCUT2D eigenvalue weighted by Gasteiger charge is 2.24. The third kappa shape index (κ3) is 3.50. The van der Waals surface area contributed by atoms with Gasteiger partial charge in [-0.3, -0.25) is 9.59 Å². The van der Waals surface area contributed by atoms with E-state index in [0.29, 0.717) is 11.8 Å². The van der Waals surface area contributed by atoms with E-state index in [1.165, 1.54) is 4.90 Å². The number of benzene rings is 2. The lowest BCUT2D eigenvalue weighted by Gasteiger charge is -2.20. The molecule has 0 bridgehead atoms. The molecule has 23 heavy (non-hydrogen) atoms. The van der Waals surface area contributed by atoms with Crippen LogP contribution in [0.1, 0.15) is 6.92 Å². The summed E-state index contributed by atoms with van der Waals surface area (Å²) in [5.74, 6) is -6.76. The normalized spacial score (nSPS) is 10.3. The molecule has 0 atom stereocenters. The molecule has 1 N–H and O–H groups in total. The van der Waals surface area contributed by atoms with Gasteiger partial charge in [0, 0.05) is 12.2 Å². The minimum Gasteiger partial charge on any atom is -0.315 e. The molecule has 0 aliphatic rings. The van der Waals surface area contributed by atoms with Crippen molar-refractivity contribution in [1.82, 2.24) is 0 Å². The zero-order valence-corrected chi connectivity index (χ0v) is 12.1. The number of para-hydroxylation sites is 1. The van der Waals surface area contributed by atoms with Gasteiger partial charge in [0.1, 0.15) is 0 Å². The number of hydrogen-bond acceptors (Lipinski definition) is 2. The summed E-state index contributed by atoms with van der Waals surface area (Å²) >= 11 is 0. The van der Waals surface area contributed by atoms with Gasteiger partial charge in [-0.15, -0.1) is 0 Å². The molecule has 2 aromatic carbocycles. The predicted octanol–water partition coefficient (Wildman–Crippen LogP) is 3.10. The number of carbonyl (C=O) groups excluding carboxylic acids is 2. The molecule has 0 unspecified atom stereocenters. The first-order chi connectivity index (χ1) is 11.0. The molecule has 2 amide bonds. The van der Waals surface area contributed by atoms with Crippen molar-refractivity contribution in [2.75, 3.05) is 16.8 Å². The maximum atomic E-state index is 13.5. The SMILES string of the molecule is CCN(C(=O)C(=O)Nc1ccc(F)c(F)c1F)c1ccccc1. The summed E-state index contributed by atoms with van der Waals surface area (Å²) in [6.07, 6.45) is 0. The van der Waals surface area contributed by atoms with Crippen molar-refractivity contribution in [2.45, 2.75) is 6.92 Å². The molecule has 0 aliphatic carbocycles. The van der Waals surface area contributed by atoms with Crippen LogP contribution in [0, 0.1) is 17.5 Å². The quantitative estimate of drug-likeness (QED) is 0.697. The highest BCUT2D eigenvalue weighted by molar-refractivity contribution is 6.44. The van der Waals surface area contributed by atoms with E-state index in [9.17, 15) is 22.8 Å². The Morgan fingerprint density at radius 3 is 2.26 bits per heavy atom. The Bertz CT molecular complexity index is 736. The fourth-order valence-corrected chi connectivity index (χ4v) is 1.97. The Hall–Kier alpha value is -2.83. The van der Waals surface area contributed by atoms with Gasteiger partial charge in [-0.05, 0) is 31.2 Å². The number of carbonyl (C=O) groups is 2. The van der Waals surface area contributed by atoms with Crippen LogP contribution in [0.25, 0.3) is 0 Å². The van der Waals surface area contributed by atoms with E-state index in [1.54, 1.807) is 37.3 Å². The summed E-state index contributed by atoms with van der Waals surface area (Å²) < 4.78 is 39.5. The minimum atomic E-state index is -1.72. The van der Waals surface area contributed by atoms with Crippen LogP contribution in [0.2, 0.25) is 0 Å². The highest BCUT2D eigenvalue weighted by atomic mass is 19.2. The first kappa shape index (κ1) is 16.5. The lowest BCUT2D eigenvalue weighted by Crippen LogP contribution is -2.39. The van der Waals surface area contributed by atoms with Gasteiger partial charge in [0.15, 0.2) is 17.5 Å². The molecule has 0 saturated carbocycles. The fourth-order valence-electron chi connectivity index (χ4n) is 1.97. The van der Waals surface area contributed by atoms with E-state index in [0.717, 1.165) is 6.07 Å². The second-order valence-electron chi connectivity index (χ2n) is 4.56. The third-order valence-electron chi connectivity index (χ3n) is 3.11. The summed E-state index contributed by atoms with van der Waals surface area (Å²) in [6, 6.07) is 9.90. The lowest BCUT2D eigenvalue weighted by molar-refractivity contribution is -0.134. The lowest BCUT2D eigenvalue weighted by atomic mass is 10.2. The number of anilines is 2. The van der Waals surface area contributed by atoms with Crippen LogP contribution < -0.4 is 10.2 Å². The Kier molecular flexibility index (Phi) is 5.00. The number of likely N-dealkylation sites (N-methyl/N-ethyl adjacent to an activating group) is 1. The molecule has 0 radical (unpaired) electrons. The van der Waals surface area contributed by atoms with Crippen LogP contribution in [0.3, 0.4) is 0 Å². The molecule has 0 aromatic heterocycles. The minimum absolute atomic E-state index is 0.205. The molecule has 0 fully saturated rings. The van der Waals surface area contributed by atoms with Crippen LogP contribution >= 0.6 is 0 Å². The van der Waals surface area contributed by atoms with Gasteiger partial charge >= 0.3 is 11.8 Å². The van der Waals surface area contributed by atoms with Crippen LogP contribution in [-0.4, -0.2) is 18.4 Å². The summed E-state index contributed by atoms with van der Waals surface area (Å²) in [5.41, 5.74) is -0.118. The largest absolute Gasteiger partial charge is 0.316 e. The van der Waals surface area contributed by atoms with Crippen molar-refractivity contribution in [2.24, 2.45) is 0 Å². The molecule has 2 aromatic rings. The van der Waals surface area contributed by atoms with Gasteiger partial charge in [-0.1, -0.05) is 18.2 Å². The molecular weight excluding hydrogens is 309 g/mol. The van der Waals surface area contributed by atoms with Crippen molar-refractivity contribution in [3.05, 3.63) is 59.9 Å². The molecule has 4 nitrogen and oxygen atoms in total. The Labute approximate surface area is 130 Å². The van der Waals surface area contributed by atoms with Crippen LogP contribution in [0.15, 0.2) is 42.5 Å². The average Bonchev–Trinajstić information content (AvgIpc) is 2.57. The van der Waals surface area contributed by atoms with Gasteiger partial charge in [0.2, 0.25) is 0 Å². The van der Waals surface area contributed by atoms with E-state index < -0.39 is 35.0 Å². The van der Waals surface area contributed by atoms with E-state index in [4.69, 9.17) is 0 Å². The first-order valence-electron chi connectivity index (χ1n) is 6.77. The molecule has 0 aliphatic heterocycles. The van der Waals surface area contributed by atoms with Crippen molar-refractivity contribution >= 4 is 23.2 Å². The second-order valence-corrected chi connectivity index (χ2v) is 4.56. The standard InChI is InChI=1S/C16H13F3N2O2/c1-2-21(10-6-4-3-5-7-10)16(23)15(22)20-12-9-8-11(17)13(18)14(12)19/h3-9H,2H2,1H3,(H,20,22). The highest BCUT2D eigenvalue weighted by Crippen LogP contribution is 2.20. The zero-order chi connectivity index (χ0) is 17.0. The molecule has 0 spiro atoms. The van der Waals surface area contributed by atoms with Crippen LogP contribution in [0.4, 0.5) is 24.5 Å². The third-order valence-corrected chi connectivity index (χ3v) is 3.11. The Balaban J connectivity index is 2.20.